The fraction of sp³-hybridized carbons (Fsp3) is 0.385. The van der Waals surface area contributed by atoms with Crippen molar-refractivity contribution in [3.8, 4) is 17.7 Å². The Balaban J connectivity index is 1.81. The number of nitriles is 1. The van der Waals surface area contributed by atoms with Crippen molar-refractivity contribution in [3.63, 3.8) is 0 Å². The number of nitrogens with zero attached hydrogens (tertiary/aromatic N) is 5. The molecule has 6 heteroatoms. The molecule has 0 radical (unpaired) electrons. The molecule has 0 saturated carbocycles. The molecule has 1 saturated heterocycles. The van der Waals surface area contributed by atoms with Crippen LogP contribution in [0.1, 0.15) is 24.8 Å². The van der Waals surface area contributed by atoms with Gasteiger partial charge in [-0.2, -0.15) is 10.2 Å². The minimum Gasteiger partial charge on any atom is -0.338 e. The molecule has 3 rings (SSSR count). The molecule has 0 spiro atoms. The van der Waals surface area contributed by atoms with Crippen molar-refractivity contribution in [3.05, 3.63) is 23.9 Å². The number of rotatable bonds is 2. The molecule has 19 heavy (non-hydrogen) atoms. The second-order valence-electron chi connectivity index (χ2n) is 4.49. The number of piperidine rings is 1. The van der Waals surface area contributed by atoms with Crippen LogP contribution in [-0.2, 0) is 0 Å². The molecule has 0 amide bonds. The molecular formula is C13H13N5O. The monoisotopic (exact) mass is 255 g/mol. The minimum atomic E-state index is 0.394. The van der Waals surface area contributed by atoms with Gasteiger partial charge in [-0.05, 0) is 36.6 Å². The fourth-order valence-corrected chi connectivity index (χ4v) is 2.13. The number of hydrogen-bond donors (Lipinski definition) is 0. The lowest BCUT2D eigenvalue weighted by Crippen LogP contribution is -2.30. The van der Waals surface area contributed by atoms with Crippen LogP contribution < -0.4 is 4.90 Å². The van der Waals surface area contributed by atoms with E-state index in [1.54, 1.807) is 12.1 Å². The highest BCUT2D eigenvalue weighted by Gasteiger charge is 2.17. The van der Waals surface area contributed by atoms with Gasteiger partial charge in [-0.15, -0.1) is 0 Å². The molecule has 0 aliphatic carbocycles. The van der Waals surface area contributed by atoms with E-state index in [1.165, 1.54) is 25.5 Å². The maximum Gasteiger partial charge on any atom is 0.278 e. The first-order valence-electron chi connectivity index (χ1n) is 6.32. The van der Waals surface area contributed by atoms with E-state index < -0.39 is 0 Å². The van der Waals surface area contributed by atoms with E-state index in [-0.39, 0.29) is 0 Å². The SMILES string of the molecule is N#Cc1ccc(-c2nc(N3CCCCC3)no2)nc1. The highest BCUT2D eigenvalue weighted by molar-refractivity contribution is 5.50. The summed E-state index contributed by atoms with van der Waals surface area (Å²) in [6, 6.07) is 5.43. The Morgan fingerprint density at radius 3 is 2.74 bits per heavy atom. The maximum absolute atomic E-state index is 8.73. The molecule has 3 heterocycles. The summed E-state index contributed by atoms with van der Waals surface area (Å²) in [5.41, 5.74) is 1.11. The number of anilines is 1. The van der Waals surface area contributed by atoms with Gasteiger partial charge < -0.3 is 9.42 Å². The zero-order chi connectivity index (χ0) is 13.1. The third-order valence-electron chi connectivity index (χ3n) is 3.17. The zero-order valence-corrected chi connectivity index (χ0v) is 10.4. The Bertz CT molecular complexity index is 592. The smallest absolute Gasteiger partial charge is 0.278 e. The molecule has 0 aromatic carbocycles. The second kappa shape index (κ2) is 5.06. The lowest BCUT2D eigenvalue weighted by Gasteiger charge is -2.24. The lowest BCUT2D eigenvalue weighted by molar-refractivity contribution is 0.425. The van der Waals surface area contributed by atoms with Gasteiger partial charge >= 0.3 is 0 Å². The maximum atomic E-state index is 8.73. The summed E-state index contributed by atoms with van der Waals surface area (Å²) in [7, 11) is 0. The third-order valence-corrected chi connectivity index (χ3v) is 3.17. The van der Waals surface area contributed by atoms with Crippen LogP contribution in [0.25, 0.3) is 11.6 Å². The van der Waals surface area contributed by atoms with Crippen LogP contribution >= 0.6 is 0 Å². The Kier molecular flexibility index (Phi) is 3.11. The predicted octanol–water partition coefficient (Wildman–Crippen LogP) is 1.99. The van der Waals surface area contributed by atoms with Gasteiger partial charge in [0, 0.05) is 19.3 Å². The van der Waals surface area contributed by atoms with Crippen molar-refractivity contribution < 1.29 is 4.52 Å². The van der Waals surface area contributed by atoms with E-state index in [9.17, 15) is 0 Å². The Morgan fingerprint density at radius 1 is 1.21 bits per heavy atom. The first-order valence-corrected chi connectivity index (χ1v) is 6.32. The van der Waals surface area contributed by atoms with Crippen LogP contribution in [0.2, 0.25) is 0 Å². The van der Waals surface area contributed by atoms with E-state index in [0.717, 1.165) is 13.1 Å². The first-order chi connectivity index (χ1) is 9.36. The zero-order valence-electron chi connectivity index (χ0n) is 10.4. The van der Waals surface area contributed by atoms with Crippen LogP contribution in [0, 0.1) is 11.3 Å². The molecule has 1 aliphatic rings. The van der Waals surface area contributed by atoms with E-state index in [2.05, 4.69) is 20.0 Å². The van der Waals surface area contributed by atoms with Gasteiger partial charge in [0.1, 0.15) is 11.8 Å². The number of hydrogen-bond acceptors (Lipinski definition) is 6. The molecule has 1 fully saturated rings. The normalized spacial score (nSPS) is 15.2. The van der Waals surface area contributed by atoms with Crippen LogP contribution in [0.15, 0.2) is 22.9 Å². The standard InChI is InChI=1S/C13H13N5O/c14-8-10-4-5-11(15-9-10)12-16-13(17-19-12)18-6-2-1-3-7-18/h4-5,9H,1-3,6-7H2. The highest BCUT2D eigenvalue weighted by atomic mass is 16.5. The van der Waals surface area contributed by atoms with Gasteiger partial charge in [-0.25, -0.2) is 4.98 Å². The molecule has 0 bridgehead atoms. The molecule has 0 unspecified atom stereocenters. The van der Waals surface area contributed by atoms with Gasteiger partial charge in [0.2, 0.25) is 0 Å². The number of aromatic nitrogens is 3. The second-order valence-corrected chi connectivity index (χ2v) is 4.49. The summed E-state index contributed by atoms with van der Waals surface area (Å²) < 4.78 is 5.23. The summed E-state index contributed by atoms with van der Waals surface area (Å²) in [4.78, 5) is 10.6. The van der Waals surface area contributed by atoms with Gasteiger partial charge in [-0.3, -0.25) is 0 Å². The van der Waals surface area contributed by atoms with Gasteiger partial charge in [-0.1, -0.05) is 0 Å². The van der Waals surface area contributed by atoms with Crippen LogP contribution in [0.3, 0.4) is 0 Å². The average molecular weight is 255 g/mol. The molecule has 96 valence electrons. The molecule has 0 atom stereocenters. The molecule has 2 aromatic rings. The minimum absolute atomic E-state index is 0.394. The fourth-order valence-electron chi connectivity index (χ4n) is 2.13. The summed E-state index contributed by atoms with van der Waals surface area (Å²) in [5.74, 6) is 1.02. The molecule has 6 nitrogen and oxygen atoms in total. The van der Waals surface area contributed by atoms with Crippen LogP contribution in [0.4, 0.5) is 5.95 Å². The quantitative estimate of drug-likeness (QED) is 0.816. The van der Waals surface area contributed by atoms with E-state index in [1.807, 2.05) is 6.07 Å². The lowest BCUT2D eigenvalue weighted by atomic mass is 10.1. The van der Waals surface area contributed by atoms with Crippen molar-refractivity contribution in [2.45, 2.75) is 19.3 Å². The van der Waals surface area contributed by atoms with E-state index in [0.29, 0.717) is 23.1 Å². The van der Waals surface area contributed by atoms with Crippen LogP contribution in [-0.4, -0.2) is 28.2 Å². The topological polar surface area (TPSA) is 78.8 Å². The van der Waals surface area contributed by atoms with Crippen molar-refractivity contribution in [1.29, 1.82) is 5.26 Å². The van der Waals surface area contributed by atoms with Crippen molar-refractivity contribution in [2.24, 2.45) is 0 Å². The predicted molar refractivity (Wildman–Crippen MR) is 68.3 cm³/mol. The summed E-state index contributed by atoms with van der Waals surface area (Å²) in [6.45, 7) is 1.94. The van der Waals surface area contributed by atoms with Crippen LogP contribution in [0.5, 0.6) is 0 Å². The van der Waals surface area contributed by atoms with E-state index >= 15 is 0 Å². The molecular weight excluding hydrogens is 242 g/mol. The highest BCUT2D eigenvalue weighted by Crippen LogP contribution is 2.21. The van der Waals surface area contributed by atoms with E-state index in [4.69, 9.17) is 9.78 Å². The largest absolute Gasteiger partial charge is 0.338 e. The van der Waals surface area contributed by atoms with Gasteiger partial charge in [0.05, 0.1) is 5.56 Å². The van der Waals surface area contributed by atoms with Gasteiger partial charge in [0.15, 0.2) is 0 Å². The molecule has 0 N–H and O–H groups in total. The molecule has 2 aromatic heterocycles. The van der Waals surface area contributed by atoms with Crippen molar-refractivity contribution >= 4 is 5.95 Å². The van der Waals surface area contributed by atoms with Crippen molar-refractivity contribution in [1.82, 2.24) is 15.1 Å². The Hall–Kier alpha value is -2.42. The Morgan fingerprint density at radius 2 is 2.05 bits per heavy atom. The average Bonchev–Trinajstić information content (AvgIpc) is 2.98. The Labute approximate surface area is 110 Å². The van der Waals surface area contributed by atoms with Crippen molar-refractivity contribution in [2.75, 3.05) is 18.0 Å². The molecule has 1 aliphatic heterocycles. The first kappa shape index (κ1) is 11.7. The summed E-state index contributed by atoms with van der Waals surface area (Å²) >= 11 is 0. The summed E-state index contributed by atoms with van der Waals surface area (Å²) in [6.07, 6.45) is 5.09. The third kappa shape index (κ3) is 2.40. The number of pyridine rings is 1. The summed E-state index contributed by atoms with van der Waals surface area (Å²) in [5, 5.41) is 12.7. The van der Waals surface area contributed by atoms with Gasteiger partial charge in [0.25, 0.3) is 11.8 Å².